The average molecular weight is 249 g/mol. The Labute approximate surface area is 113 Å². The Kier molecular flexibility index (Phi) is 14.5. The van der Waals surface area contributed by atoms with Crippen molar-refractivity contribution in [3.63, 3.8) is 0 Å². The van der Waals surface area contributed by atoms with Crippen LogP contribution in [-0.2, 0) is 4.74 Å². The zero-order chi connectivity index (χ0) is 11.8. The average Bonchev–Trinajstić information content (AvgIpc) is 1.81. The van der Waals surface area contributed by atoms with Crippen molar-refractivity contribution in [2.24, 2.45) is 0 Å². The molecule has 0 spiro atoms. The van der Waals surface area contributed by atoms with E-state index in [-0.39, 0.29) is 32.8 Å². The fourth-order valence-electron chi connectivity index (χ4n) is 1.80. The molecule has 0 aliphatic rings. The van der Waals surface area contributed by atoms with E-state index in [0.29, 0.717) is 7.09 Å². The first kappa shape index (κ1) is 21.3. The molecule has 3 heteroatoms. The van der Waals surface area contributed by atoms with E-state index in [1.54, 1.807) is 0 Å². The first-order valence-electron chi connectivity index (χ1n) is 5.70. The van der Waals surface area contributed by atoms with Crippen molar-refractivity contribution in [1.29, 1.82) is 0 Å². The molecule has 0 saturated heterocycles. The Morgan fingerprint density at radius 3 is 1.07 bits per heavy atom. The quantitative estimate of drug-likeness (QED) is 0.650. The minimum atomic E-state index is 0. The maximum atomic E-state index is 4.83. The van der Waals surface area contributed by atoms with Gasteiger partial charge < -0.3 is 4.74 Å². The lowest BCUT2D eigenvalue weighted by atomic mass is 10.2. The van der Waals surface area contributed by atoms with Crippen LogP contribution in [0.15, 0.2) is 0 Å². The molecule has 0 aromatic heterocycles. The van der Waals surface area contributed by atoms with Crippen LogP contribution in [0.25, 0.3) is 0 Å². The largest absolute Gasteiger partial charge is 0.382 e. The second-order valence-electron chi connectivity index (χ2n) is 6.08. The Bertz CT molecular complexity index is 111. The normalized spacial score (nSPS) is 10.7. The Hall–Kier alpha value is 1.02. The highest BCUT2D eigenvalue weighted by Crippen LogP contribution is 2.33. The van der Waals surface area contributed by atoms with Gasteiger partial charge in [-0.1, -0.05) is 41.5 Å². The summed E-state index contributed by atoms with van der Waals surface area (Å²) in [5, 5.41) is 0. The molecular formula is C12H29ClMgO. The molecule has 0 radical (unpaired) electrons. The van der Waals surface area contributed by atoms with E-state index in [1.165, 1.54) is 0 Å². The van der Waals surface area contributed by atoms with Gasteiger partial charge in [0.15, 0.2) is 0 Å². The van der Waals surface area contributed by atoms with Crippen LogP contribution in [0.3, 0.4) is 0 Å². The summed E-state index contributed by atoms with van der Waals surface area (Å²) < 4.78 is 6.08. The molecule has 1 nitrogen and oxygen atoms in total. The number of hydrogen-bond donors (Lipinski definition) is 0. The second-order valence-corrected chi connectivity index (χ2v) is 10.7. The lowest BCUT2D eigenvalue weighted by molar-refractivity contribution is 0.162. The van der Waals surface area contributed by atoms with Gasteiger partial charge in [0.1, 0.15) is 0 Å². The topological polar surface area (TPSA) is 9.23 Å². The lowest BCUT2D eigenvalue weighted by Crippen LogP contribution is -2.18. The zero-order valence-electron chi connectivity index (χ0n) is 11.9. The molecule has 0 bridgehead atoms. The van der Waals surface area contributed by atoms with Gasteiger partial charge in [-0.05, 0) is 13.8 Å². The van der Waals surface area contributed by atoms with E-state index < -0.39 is 0 Å². The van der Waals surface area contributed by atoms with Crippen molar-refractivity contribution in [1.82, 2.24) is 0 Å². The molecular weight excluding hydrogens is 220 g/mol. The summed E-state index contributed by atoms with van der Waals surface area (Å²) in [4.78, 5) is 0. The minimum absolute atomic E-state index is 0. The molecule has 0 saturated carbocycles. The molecule has 0 aliphatic carbocycles. The van der Waals surface area contributed by atoms with Gasteiger partial charge in [-0.15, -0.1) is 19.5 Å². The van der Waals surface area contributed by atoms with E-state index in [9.17, 15) is 0 Å². The summed E-state index contributed by atoms with van der Waals surface area (Å²) in [6, 6.07) is 0. The van der Waals surface area contributed by atoms with Crippen LogP contribution < -0.4 is 0 Å². The van der Waals surface area contributed by atoms with Crippen molar-refractivity contribution in [3.05, 3.63) is 0 Å². The van der Waals surface area contributed by atoms with E-state index in [1.807, 2.05) is 13.8 Å². The van der Waals surface area contributed by atoms with E-state index in [0.717, 1.165) is 13.2 Å². The van der Waals surface area contributed by atoms with Crippen molar-refractivity contribution in [2.45, 2.75) is 62.5 Å². The third kappa shape index (κ3) is 31.3. The molecule has 0 N–H and O–H groups in total. The summed E-state index contributed by atoms with van der Waals surface area (Å²) in [7, 11) is 0. The molecule has 0 aromatic carbocycles. The molecule has 0 unspecified atom stereocenters. The van der Waals surface area contributed by atoms with Crippen LogP contribution in [0.1, 0.15) is 55.4 Å². The maximum Gasteiger partial charge on any atom is 0.380 e. The lowest BCUT2D eigenvalue weighted by Gasteiger charge is -2.26. The van der Waals surface area contributed by atoms with Crippen molar-refractivity contribution in [2.75, 3.05) is 13.2 Å². The molecule has 0 rings (SSSR count). The molecule has 0 aliphatic heterocycles. The fraction of sp³-hybridized carbons (Fsp3) is 1.00. The highest BCUT2D eigenvalue weighted by atomic mass is 35.5. The number of hydrogen-bond acceptors (Lipinski definition) is 1. The molecule has 0 heterocycles. The van der Waals surface area contributed by atoms with Crippen LogP contribution in [0.4, 0.5) is 0 Å². The van der Waals surface area contributed by atoms with E-state index in [2.05, 4.69) is 41.5 Å². The van der Waals surface area contributed by atoms with Gasteiger partial charge in [0.05, 0.1) is 0 Å². The highest BCUT2D eigenvalue weighted by Gasteiger charge is 2.24. The van der Waals surface area contributed by atoms with Gasteiger partial charge in [0.2, 0.25) is 0 Å². The molecule has 92 valence electrons. The SMILES string of the molecule is CCOCC.C[C](C)(C)[Mg][C](C)(C)C.Cl. The Morgan fingerprint density at radius 2 is 1.07 bits per heavy atom. The molecule has 15 heavy (non-hydrogen) atoms. The first-order chi connectivity index (χ1) is 6.12. The fourth-order valence-corrected chi connectivity index (χ4v) is 4.98. The second kappa shape index (κ2) is 10.2. The van der Waals surface area contributed by atoms with Gasteiger partial charge in [0, 0.05) is 13.2 Å². The van der Waals surface area contributed by atoms with E-state index in [4.69, 9.17) is 4.74 Å². The standard InChI is InChI=1S/C4H10O.2C4H9.ClH.Mg/c1-3-5-4-2;2*1-4(2)3;;/h3-4H2,1-2H3;2*1-3H3;1H;. The number of halogens is 1. The van der Waals surface area contributed by atoms with Crippen LogP contribution in [0.2, 0.25) is 7.09 Å². The van der Waals surface area contributed by atoms with Crippen LogP contribution in [0, 0.1) is 0 Å². The maximum absolute atomic E-state index is 4.83. The molecule has 0 amide bonds. The Balaban J connectivity index is -0.000000208. The number of ether oxygens (including phenoxy) is 1. The summed E-state index contributed by atoms with van der Waals surface area (Å²) in [5.41, 5.74) is 0. The monoisotopic (exact) mass is 248 g/mol. The first-order valence-corrected chi connectivity index (χ1v) is 7.11. The van der Waals surface area contributed by atoms with Gasteiger partial charge in [-0.25, -0.2) is 0 Å². The van der Waals surface area contributed by atoms with Crippen LogP contribution in [-0.4, -0.2) is 33.6 Å². The zero-order valence-corrected chi connectivity index (χ0v) is 14.2. The van der Waals surface area contributed by atoms with Gasteiger partial charge in [0.25, 0.3) is 0 Å². The van der Waals surface area contributed by atoms with Gasteiger partial charge in [-0.3, -0.25) is 0 Å². The van der Waals surface area contributed by atoms with Crippen molar-refractivity contribution >= 4 is 32.8 Å². The van der Waals surface area contributed by atoms with E-state index >= 15 is 0 Å². The third-order valence-corrected chi connectivity index (χ3v) is 3.59. The van der Waals surface area contributed by atoms with Crippen LogP contribution in [0.5, 0.6) is 0 Å². The summed E-state index contributed by atoms with van der Waals surface area (Å²) >= 11 is 0.0880. The third-order valence-electron chi connectivity index (χ3n) is 1.47. The van der Waals surface area contributed by atoms with Crippen molar-refractivity contribution < 1.29 is 4.74 Å². The van der Waals surface area contributed by atoms with Crippen LogP contribution >= 0.6 is 12.4 Å². The predicted octanol–water partition coefficient (Wildman–Crippen LogP) is 4.59. The summed E-state index contributed by atoms with van der Waals surface area (Å²) in [5.74, 6) is 0. The summed E-state index contributed by atoms with van der Waals surface area (Å²) in [6.07, 6.45) is 0. The minimum Gasteiger partial charge on any atom is -0.382 e. The number of rotatable bonds is 2. The van der Waals surface area contributed by atoms with Gasteiger partial charge >= 0.3 is 20.4 Å². The molecule has 0 aromatic rings. The molecule has 0 fully saturated rings. The highest BCUT2D eigenvalue weighted by molar-refractivity contribution is 6.43. The van der Waals surface area contributed by atoms with Crippen molar-refractivity contribution in [3.8, 4) is 0 Å². The summed E-state index contributed by atoms with van der Waals surface area (Å²) in [6.45, 7) is 19.8. The van der Waals surface area contributed by atoms with Gasteiger partial charge in [-0.2, -0.15) is 0 Å². The smallest absolute Gasteiger partial charge is 0.380 e. The molecule has 0 atom stereocenters. The predicted molar refractivity (Wildman–Crippen MR) is 74.6 cm³/mol. The Morgan fingerprint density at radius 1 is 0.800 bits per heavy atom.